The van der Waals surface area contributed by atoms with Gasteiger partial charge in [-0.3, -0.25) is 4.90 Å². The number of sulfonamides is 1. The van der Waals surface area contributed by atoms with Gasteiger partial charge >= 0.3 is 0 Å². The normalized spacial score (nSPS) is 24.5. The zero-order valence-corrected chi connectivity index (χ0v) is 14.7. The Bertz CT molecular complexity index is 841. The van der Waals surface area contributed by atoms with E-state index in [0.717, 1.165) is 18.1 Å². The molecule has 24 heavy (non-hydrogen) atoms. The monoisotopic (exact) mass is 362 g/mol. The minimum atomic E-state index is -3.38. The molecule has 2 heterocycles. The van der Waals surface area contributed by atoms with Crippen LogP contribution in [0.4, 0.5) is 0 Å². The molecule has 126 valence electrons. The quantitative estimate of drug-likeness (QED) is 0.839. The minimum absolute atomic E-state index is 0.308. The number of rotatable bonds is 4. The van der Waals surface area contributed by atoms with Crippen LogP contribution < -0.4 is 0 Å². The summed E-state index contributed by atoms with van der Waals surface area (Å²) in [6.07, 6.45) is 0. The maximum Gasteiger partial charge on any atom is 0.243 e. The molecule has 2 aliphatic rings. The lowest BCUT2D eigenvalue weighted by Gasteiger charge is -2.43. The van der Waals surface area contributed by atoms with E-state index in [1.165, 1.54) is 5.56 Å². The first-order chi connectivity index (χ1) is 11.5. The fourth-order valence-electron chi connectivity index (χ4n) is 3.70. The second-order valence-corrected chi connectivity index (χ2v) is 8.90. The maximum absolute atomic E-state index is 12.8. The molecule has 0 amide bonds. The lowest BCUT2D eigenvalue weighted by atomic mass is 9.91. The Morgan fingerprint density at radius 3 is 2.54 bits per heavy atom. The SMILES string of the molecule is O=S(=O)(c1ccccc1)N1CC2CN(Cc3cccc(Cl)c3)C2C1. The molecule has 0 radical (unpaired) electrons. The Kier molecular flexibility index (Phi) is 4.12. The van der Waals surface area contributed by atoms with Crippen molar-refractivity contribution in [2.45, 2.75) is 17.5 Å². The van der Waals surface area contributed by atoms with Gasteiger partial charge in [0.25, 0.3) is 0 Å². The molecule has 2 atom stereocenters. The fraction of sp³-hybridized carbons (Fsp3) is 0.333. The number of benzene rings is 2. The average molecular weight is 363 g/mol. The maximum atomic E-state index is 12.8. The summed E-state index contributed by atoms with van der Waals surface area (Å²) in [6.45, 7) is 2.95. The standard InChI is InChI=1S/C18H19ClN2O2S/c19-16-6-4-5-14(9-16)10-20-11-15-12-21(13-18(15)20)24(22,23)17-7-2-1-3-8-17/h1-9,15,18H,10-13H2. The van der Waals surface area contributed by atoms with Gasteiger partial charge in [0.15, 0.2) is 0 Å². The summed E-state index contributed by atoms with van der Waals surface area (Å²) in [4.78, 5) is 2.73. The first kappa shape index (κ1) is 16.1. The van der Waals surface area contributed by atoms with Crippen LogP contribution in [0.15, 0.2) is 59.5 Å². The van der Waals surface area contributed by atoms with Crippen molar-refractivity contribution in [2.75, 3.05) is 19.6 Å². The molecule has 2 unspecified atom stereocenters. The van der Waals surface area contributed by atoms with Crippen LogP contribution in [0.2, 0.25) is 5.02 Å². The lowest BCUT2D eigenvalue weighted by Crippen LogP contribution is -2.54. The van der Waals surface area contributed by atoms with Gasteiger partial charge in [0.2, 0.25) is 10.0 Å². The zero-order chi connectivity index (χ0) is 16.7. The summed E-state index contributed by atoms with van der Waals surface area (Å²) in [7, 11) is -3.38. The zero-order valence-electron chi connectivity index (χ0n) is 13.2. The van der Waals surface area contributed by atoms with Crippen LogP contribution in [0.25, 0.3) is 0 Å². The average Bonchev–Trinajstić information content (AvgIpc) is 2.91. The molecule has 4 nitrogen and oxygen atoms in total. The second-order valence-electron chi connectivity index (χ2n) is 6.52. The molecule has 4 rings (SSSR count). The molecule has 2 aromatic carbocycles. The van der Waals surface area contributed by atoms with Gasteiger partial charge in [-0.2, -0.15) is 4.31 Å². The highest BCUT2D eigenvalue weighted by molar-refractivity contribution is 7.89. The number of hydrogen-bond donors (Lipinski definition) is 0. The Labute approximate surface area is 147 Å². The fourth-order valence-corrected chi connectivity index (χ4v) is 5.45. The summed E-state index contributed by atoms with van der Waals surface area (Å²) in [5.41, 5.74) is 1.17. The Hall–Kier alpha value is -1.40. The molecule has 0 aromatic heterocycles. The highest BCUT2D eigenvalue weighted by atomic mass is 35.5. The lowest BCUT2D eigenvalue weighted by molar-refractivity contribution is 0.0435. The highest BCUT2D eigenvalue weighted by Crippen LogP contribution is 2.36. The van der Waals surface area contributed by atoms with Gasteiger partial charge in [0.05, 0.1) is 4.90 Å². The van der Waals surface area contributed by atoms with Crippen LogP contribution in [-0.4, -0.2) is 43.3 Å². The van der Waals surface area contributed by atoms with Crippen LogP contribution >= 0.6 is 11.6 Å². The third-order valence-electron chi connectivity index (χ3n) is 4.97. The molecule has 2 fully saturated rings. The van der Waals surface area contributed by atoms with E-state index in [2.05, 4.69) is 11.0 Å². The largest absolute Gasteiger partial charge is 0.294 e. The van der Waals surface area contributed by atoms with Crippen molar-refractivity contribution in [3.63, 3.8) is 0 Å². The molecule has 2 saturated heterocycles. The van der Waals surface area contributed by atoms with Crippen LogP contribution in [-0.2, 0) is 16.6 Å². The van der Waals surface area contributed by atoms with Gasteiger partial charge in [-0.25, -0.2) is 8.42 Å². The topological polar surface area (TPSA) is 40.6 Å². The van der Waals surface area contributed by atoms with E-state index in [9.17, 15) is 8.42 Å². The molecule has 2 aromatic rings. The first-order valence-corrected chi connectivity index (χ1v) is 9.89. The number of hydrogen-bond acceptors (Lipinski definition) is 3. The van der Waals surface area contributed by atoms with Crippen LogP contribution in [0.3, 0.4) is 0 Å². The van der Waals surface area contributed by atoms with Crippen molar-refractivity contribution in [2.24, 2.45) is 5.92 Å². The van der Waals surface area contributed by atoms with Crippen molar-refractivity contribution in [3.8, 4) is 0 Å². The summed E-state index contributed by atoms with van der Waals surface area (Å²) in [5, 5.41) is 0.740. The van der Waals surface area contributed by atoms with E-state index in [4.69, 9.17) is 11.6 Å². The molecule has 2 aliphatic heterocycles. The molecule has 0 N–H and O–H groups in total. The van der Waals surface area contributed by atoms with Gasteiger partial charge in [-0.05, 0) is 29.8 Å². The van der Waals surface area contributed by atoms with E-state index in [-0.39, 0.29) is 0 Å². The predicted molar refractivity (Wildman–Crippen MR) is 94.3 cm³/mol. The highest BCUT2D eigenvalue weighted by Gasteiger charge is 2.48. The van der Waals surface area contributed by atoms with Crippen molar-refractivity contribution < 1.29 is 8.42 Å². The predicted octanol–water partition coefficient (Wildman–Crippen LogP) is 2.84. The van der Waals surface area contributed by atoms with E-state index in [0.29, 0.717) is 29.9 Å². The third kappa shape index (κ3) is 2.86. The summed E-state index contributed by atoms with van der Waals surface area (Å²) < 4.78 is 27.1. The molecule has 0 spiro atoms. The molecule has 0 saturated carbocycles. The van der Waals surface area contributed by atoms with Gasteiger partial charge in [-0.1, -0.05) is 41.9 Å². The van der Waals surface area contributed by atoms with E-state index in [1.807, 2.05) is 24.3 Å². The molecular formula is C18H19ClN2O2S. The van der Waals surface area contributed by atoms with E-state index in [1.54, 1.807) is 28.6 Å². The smallest absolute Gasteiger partial charge is 0.243 e. The number of nitrogens with zero attached hydrogens (tertiary/aromatic N) is 2. The number of fused-ring (bicyclic) bond motifs is 1. The number of likely N-dealkylation sites (tertiary alicyclic amines) is 1. The summed E-state index contributed by atoms with van der Waals surface area (Å²) >= 11 is 6.05. The Balaban J connectivity index is 1.46. The van der Waals surface area contributed by atoms with Crippen LogP contribution in [0.5, 0.6) is 0 Å². The van der Waals surface area contributed by atoms with Crippen molar-refractivity contribution in [3.05, 3.63) is 65.2 Å². The summed E-state index contributed by atoms with van der Waals surface area (Å²) in [6, 6.07) is 16.9. The van der Waals surface area contributed by atoms with Gasteiger partial charge in [0.1, 0.15) is 0 Å². The number of halogens is 1. The van der Waals surface area contributed by atoms with Gasteiger partial charge in [0, 0.05) is 43.2 Å². The Morgan fingerprint density at radius 2 is 1.79 bits per heavy atom. The first-order valence-electron chi connectivity index (χ1n) is 8.08. The Morgan fingerprint density at radius 1 is 1.00 bits per heavy atom. The third-order valence-corrected chi connectivity index (χ3v) is 7.05. The van der Waals surface area contributed by atoms with Crippen molar-refractivity contribution >= 4 is 21.6 Å². The van der Waals surface area contributed by atoms with Gasteiger partial charge in [-0.15, -0.1) is 0 Å². The summed E-state index contributed by atoms with van der Waals surface area (Å²) in [5.74, 6) is 0.433. The molecule has 0 aliphatic carbocycles. The van der Waals surface area contributed by atoms with Crippen LogP contribution in [0, 0.1) is 5.92 Å². The minimum Gasteiger partial charge on any atom is -0.294 e. The van der Waals surface area contributed by atoms with Crippen molar-refractivity contribution in [1.82, 2.24) is 9.21 Å². The molecular weight excluding hydrogens is 344 g/mol. The molecule has 6 heteroatoms. The van der Waals surface area contributed by atoms with Crippen molar-refractivity contribution in [1.29, 1.82) is 0 Å². The van der Waals surface area contributed by atoms with Crippen LogP contribution in [0.1, 0.15) is 5.56 Å². The molecule has 0 bridgehead atoms. The van der Waals surface area contributed by atoms with E-state index >= 15 is 0 Å². The van der Waals surface area contributed by atoms with Gasteiger partial charge < -0.3 is 0 Å². The van der Waals surface area contributed by atoms with E-state index < -0.39 is 10.0 Å². The second kappa shape index (κ2) is 6.15.